The molecule has 0 aromatic heterocycles. The van der Waals surface area contributed by atoms with E-state index in [1.54, 1.807) is 29.2 Å². The van der Waals surface area contributed by atoms with Crippen LogP contribution in [0.5, 0.6) is 5.75 Å². The standard InChI is InChI=1S/C23H19ClN2O4S/c24-17-9-11-18(12-10-17)31(28,29)26-15-22(30-21-8-4-3-7-20(21)26)23(27)25-14-13-16-5-1-2-6-19(16)25/h1-12,22H,13-15H2/t22-/m1/s1. The Kier molecular flexibility index (Phi) is 4.87. The summed E-state index contributed by atoms with van der Waals surface area (Å²) in [5.74, 6) is 0.105. The molecule has 31 heavy (non-hydrogen) atoms. The van der Waals surface area contributed by atoms with E-state index in [2.05, 4.69) is 0 Å². The molecule has 1 atom stereocenters. The van der Waals surface area contributed by atoms with E-state index < -0.39 is 16.1 Å². The van der Waals surface area contributed by atoms with Crippen LogP contribution < -0.4 is 13.9 Å². The molecule has 2 aliphatic heterocycles. The van der Waals surface area contributed by atoms with Gasteiger partial charge in [0.05, 0.1) is 17.1 Å². The molecule has 0 spiro atoms. The van der Waals surface area contributed by atoms with Crippen LogP contribution in [0.1, 0.15) is 5.56 Å². The second kappa shape index (κ2) is 7.59. The van der Waals surface area contributed by atoms with Crippen LogP contribution in [0.2, 0.25) is 5.02 Å². The number of nitrogens with zero attached hydrogens (tertiary/aromatic N) is 2. The van der Waals surface area contributed by atoms with Gasteiger partial charge in [0.15, 0.2) is 6.10 Å². The minimum Gasteiger partial charge on any atom is -0.476 e. The lowest BCUT2D eigenvalue weighted by atomic mass is 10.1. The van der Waals surface area contributed by atoms with Gasteiger partial charge in [0.25, 0.3) is 15.9 Å². The molecule has 0 bridgehead atoms. The summed E-state index contributed by atoms with van der Waals surface area (Å²) in [4.78, 5) is 15.2. The molecule has 3 aromatic rings. The number of benzene rings is 3. The summed E-state index contributed by atoms with van der Waals surface area (Å²) in [6.45, 7) is 0.434. The van der Waals surface area contributed by atoms with Gasteiger partial charge >= 0.3 is 0 Å². The molecule has 2 heterocycles. The lowest BCUT2D eigenvalue weighted by Crippen LogP contribution is -2.51. The fourth-order valence-electron chi connectivity index (χ4n) is 4.03. The van der Waals surface area contributed by atoms with Gasteiger partial charge in [0.2, 0.25) is 0 Å². The maximum absolute atomic E-state index is 13.5. The van der Waals surface area contributed by atoms with Crippen molar-refractivity contribution < 1.29 is 17.9 Å². The Balaban J connectivity index is 1.51. The number of amides is 1. The molecule has 0 saturated carbocycles. The highest BCUT2D eigenvalue weighted by atomic mass is 35.5. The largest absolute Gasteiger partial charge is 0.476 e. The van der Waals surface area contributed by atoms with Crippen molar-refractivity contribution in [1.82, 2.24) is 0 Å². The summed E-state index contributed by atoms with van der Waals surface area (Å²) >= 11 is 5.93. The van der Waals surface area contributed by atoms with Crippen LogP contribution >= 0.6 is 11.6 Å². The highest BCUT2D eigenvalue weighted by molar-refractivity contribution is 7.92. The topological polar surface area (TPSA) is 66.9 Å². The van der Waals surface area contributed by atoms with E-state index in [0.717, 1.165) is 17.7 Å². The summed E-state index contributed by atoms with van der Waals surface area (Å²) < 4.78 is 34.1. The van der Waals surface area contributed by atoms with E-state index in [1.165, 1.54) is 28.6 Å². The normalized spacial score (nSPS) is 17.6. The molecule has 6 nitrogen and oxygen atoms in total. The maximum atomic E-state index is 13.5. The van der Waals surface area contributed by atoms with Crippen molar-refractivity contribution in [1.29, 1.82) is 0 Å². The first kappa shape index (κ1) is 19.9. The second-order valence-corrected chi connectivity index (χ2v) is 9.73. The molecule has 1 amide bonds. The van der Waals surface area contributed by atoms with Gasteiger partial charge in [-0.25, -0.2) is 8.42 Å². The number of hydrogen-bond donors (Lipinski definition) is 0. The lowest BCUT2D eigenvalue weighted by molar-refractivity contribution is -0.125. The number of anilines is 2. The Bertz CT molecular complexity index is 1260. The van der Waals surface area contributed by atoms with Crippen LogP contribution in [0.15, 0.2) is 77.7 Å². The van der Waals surface area contributed by atoms with Crippen molar-refractivity contribution in [3.8, 4) is 5.75 Å². The number of halogens is 1. The third-order valence-electron chi connectivity index (χ3n) is 5.57. The van der Waals surface area contributed by atoms with Crippen LogP contribution in [-0.2, 0) is 21.2 Å². The molecular formula is C23H19ClN2O4S. The summed E-state index contributed by atoms with van der Waals surface area (Å²) in [7, 11) is -3.92. The van der Waals surface area contributed by atoms with Gasteiger partial charge in [0.1, 0.15) is 5.75 Å². The molecule has 5 rings (SSSR count). The quantitative estimate of drug-likeness (QED) is 0.602. The predicted molar refractivity (Wildman–Crippen MR) is 119 cm³/mol. The number of sulfonamides is 1. The van der Waals surface area contributed by atoms with Crippen molar-refractivity contribution in [2.24, 2.45) is 0 Å². The van der Waals surface area contributed by atoms with Gasteiger partial charge in [-0.3, -0.25) is 9.10 Å². The van der Waals surface area contributed by atoms with Crippen molar-refractivity contribution in [3.63, 3.8) is 0 Å². The SMILES string of the molecule is O=C([C@H]1CN(S(=O)(=O)c2ccc(Cl)cc2)c2ccccc2O1)N1CCc2ccccc21. The minimum absolute atomic E-state index is 0.103. The zero-order valence-corrected chi connectivity index (χ0v) is 18.0. The predicted octanol–water partition coefficient (Wildman–Crippen LogP) is 3.89. The lowest BCUT2D eigenvalue weighted by Gasteiger charge is -2.36. The summed E-state index contributed by atoms with van der Waals surface area (Å²) in [5.41, 5.74) is 2.35. The van der Waals surface area contributed by atoms with Crippen molar-refractivity contribution in [2.45, 2.75) is 17.4 Å². The number of rotatable bonds is 3. The average Bonchev–Trinajstić information content (AvgIpc) is 3.22. The average molecular weight is 455 g/mol. The van der Waals surface area contributed by atoms with Crippen LogP contribution in [-0.4, -0.2) is 33.5 Å². The molecule has 0 N–H and O–H groups in total. The van der Waals surface area contributed by atoms with E-state index in [1.807, 2.05) is 24.3 Å². The third kappa shape index (κ3) is 3.43. The van der Waals surface area contributed by atoms with E-state index in [-0.39, 0.29) is 17.3 Å². The van der Waals surface area contributed by atoms with Gasteiger partial charge in [-0.05, 0) is 54.4 Å². The highest BCUT2D eigenvalue weighted by Crippen LogP contribution is 2.38. The van der Waals surface area contributed by atoms with Gasteiger partial charge < -0.3 is 9.64 Å². The summed E-state index contributed by atoms with van der Waals surface area (Å²) in [5, 5.41) is 0.446. The minimum atomic E-state index is -3.92. The Morgan fingerprint density at radius 2 is 1.61 bits per heavy atom. The molecule has 2 aliphatic rings. The first-order valence-corrected chi connectivity index (χ1v) is 11.7. The summed E-state index contributed by atoms with van der Waals surface area (Å²) in [6, 6.07) is 20.6. The zero-order chi connectivity index (χ0) is 21.6. The van der Waals surface area contributed by atoms with Crippen molar-refractivity contribution in [2.75, 3.05) is 22.3 Å². The molecule has 3 aromatic carbocycles. The monoisotopic (exact) mass is 454 g/mol. The smallest absolute Gasteiger partial charge is 0.269 e. The molecule has 8 heteroatoms. The van der Waals surface area contributed by atoms with E-state index in [0.29, 0.717) is 23.0 Å². The van der Waals surface area contributed by atoms with Crippen LogP contribution in [0, 0.1) is 0 Å². The third-order valence-corrected chi connectivity index (χ3v) is 7.61. The van der Waals surface area contributed by atoms with Gasteiger partial charge in [0, 0.05) is 17.3 Å². The number of para-hydroxylation sites is 3. The van der Waals surface area contributed by atoms with Gasteiger partial charge in [-0.2, -0.15) is 0 Å². The number of fused-ring (bicyclic) bond motifs is 2. The fraction of sp³-hybridized carbons (Fsp3) is 0.174. The summed E-state index contributed by atoms with van der Waals surface area (Å²) in [6.07, 6.45) is -0.194. The van der Waals surface area contributed by atoms with E-state index >= 15 is 0 Å². The molecule has 0 fully saturated rings. The van der Waals surface area contributed by atoms with E-state index in [9.17, 15) is 13.2 Å². The Labute approximate surface area is 185 Å². The van der Waals surface area contributed by atoms with Crippen LogP contribution in [0.25, 0.3) is 0 Å². The molecule has 0 radical (unpaired) electrons. The number of hydrogen-bond acceptors (Lipinski definition) is 4. The molecule has 0 saturated heterocycles. The number of carbonyl (C=O) groups excluding carboxylic acids is 1. The maximum Gasteiger partial charge on any atom is 0.269 e. The number of ether oxygens (including phenoxy) is 1. The molecule has 158 valence electrons. The number of carbonyl (C=O) groups is 1. The second-order valence-electron chi connectivity index (χ2n) is 7.43. The Morgan fingerprint density at radius 1 is 0.935 bits per heavy atom. The van der Waals surface area contributed by atoms with Crippen LogP contribution in [0.3, 0.4) is 0 Å². The Morgan fingerprint density at radius 3 is 2.39 bits per heavy atom. The first-order valence-electron chi connectivity index (χ1n) is 9.88. The first-order chi connectivity index (χ1) is 14.9. The Hall–Kier alpha value is -3.03. The van der Waals surface area contributed by atoms with E-state index in [4.69, 9.17) is 16.3 Å². The van der Waals surface area contributed by atoms with Crippen molar-refractivity contribution >= 4 is 38.9 Å². The van der Waals surface area contributed by atoms with Gasteiger partial charge in [-0.15, -0.1) is 0 Å². The molecule has 0 unspecified atom stereocenters. The molecule has 0 aliphatic carbocycles. The highest BCUT2D eigenvalue weighted by Gasteiger charge is 2.40. The van der Waals surface area contributed by atoms with Crippen LogP contribution in [0.4, 0.5) is 11.4 Å². The van der Waals surface area contributed by atoms with Gasteiger partial charge in [-0.1, -0.05) is 41.9 Å². The fourth-order valence-corrected chi connectivity index (χ4v) is 5.64. The van der Waals surface area contributed by atoms with Crippen molar-refractivity contribution in [3.05, 3.63) is 83.4 Å². The molecular weight excluding hydrogens is 436 g/mol. The zero-order valence-electron chi connectivity index (χ0n) is 16.4.